The molecule has 1 N–H and O–H groups in total. The standard InChI is InChI=1S/C18H21NO2/c1-15-7-9-17(10-8-15)19(14-12-18(20)21)13-11-16-5-3-2-4-6-16/h2-10H,11-14H2,1H3,(H,20,21). The number of aryl methyl sites for hydroxylation is 1. The van der Waals surface area contributed by atoms with Gasteiger partial charge in [0.2, 0.25) is 0 Å². The van der Waals surface area contributed by atoms with Gasteiger partial charge in [-0.05, 0) is 31.0 Å². The van der Waals surface area contributed by atoms with E-state index < -0.39 is 5.97 Å². The molecule has 3 heteroatoms. The average Bonchev–Trinajstić information content (AvgIpc) is 2.49. The number of benzene rings is 2. The van der Waals surface area contributed by atoms with E-state index in [1.165, 1.54) is 11.1 Å². The Labute approximate surface area is 125 Å². The summed E-state index contributed by atoms with van der Waals surface area (Å²) in [5.41, 5.74) is 3.56. The maximum atomic E-state index is 10.8. The summed E-state index contributed by atoms with van der Waals surface area (Å²) >= 11 is 0. The SMILES string of the molecule is Cc1ccc(N(CCC(=O)O)CCc2ccccc2)cc1. The molecule has 0 aromatic heterocycles. The van der Waals surface area contributed by atoms with E-state index in [1.807, 2.05) is 18.2 Å². The lowest BCUT2D eigenvalue weighted by Crippen LogP contribution is -2.28. The van der Waals surface area contributed by atoms with Crippen molar-refractivity contribution < 1.29 is 9.90 Å². The Bertz CT molecular complexity index is 564. The van der Waals surface area contributed by atoms with E-state index in [9.17, 15) is 4.79 Å². The van der Waals surface area contributed by atoms with Gasteiger partial charge < -0.3 is 10.0 Å². The topological polar surface area (TPSA) is 40.5 Å². The molecule has 0 atom stereocenters. The lowest BCUT2D eigenvalue weighted by atomic mass is 10.1. The largest absolute Gasteiger partial charge is 0.481 e. The minimum absolute atomic E-state index is 0.155. The molecule has 0 amide bonds. The maximum Gasteiger partial charge on any atom is 0.305 e. The van der Waals surface area contributed by atoms with Crippen LogP contribution < -0.4 is 4.90 Å². The predicted octanol–water partition coefficient (Wildman–Crippen LogP) is 3.52. The highest BCUT2D eigenvalue weighted by molar-refractivity contribution is 5.67. The summed E-state index contributed by atoms with van der Waals surface area (Å²) in [5, 5.41) is 8.91. The van der Waals surface area contributed by atoms with Gasteiger partial charge in [-0.3, -0.25) is 4.79 Å². The molecule has 2 rings (SSSR count). The Balaban J connectivity index is 2.04. The first-order valence-electron chi connectivity index (χ1n) is 7.22. The molecular weight excluding hydrogens is 262 g/mol. The first kappa shape index (κ1) is 15.1. The van der Waals surface area contributed by atoms with Crippen molar-refractivity contribution in [3.05, 3.63) is 65.7 Å². The average molecular weight is 283 g/mol. The minimum atomic E-state index is -0.758. The number of carbonyl (C=O) groups is 1. The van der Waals surface area contributed by atoms with Crippen molar-refractivity contribution >= 4 is 11.7 Å². The van der Waals surface area contributed by atoms with E-state index in [-0.39, 0.29) is 6.42 Å². The Morgan fingerprint density at radius 2 is 1.67 bits per heavy atom. The van der Waals surface area contributed by atoms with Gasteiger partial charge in [0.05, 0.1) is 6.42 Å². The van der Waals surface area contributed by atoms with Crippen LogP contribution in [0.4, 0.5) is 5.69 Å². The number of hydrogen-bond acceptors (Lipinski definition) is 2. The summed E-state index contributed by atoms with van der Waals surface area (Å²) in [6.45, 7) is 3.40. The maximum absolute atomic E-state index is 10.8. The van der Waals surface area contributed by atoms with Crippen LogP contribution in [0.2, 0.25) is 0 Å². The molecule has 0 aliphatic rings. The smallest absolute Gasteiger partial charge is 0.305 e. The summed E-state index contributed by atoms with van der Waals surface area (Å²) in [6.07, 6.45) is 1.07. The number of aliphatic carboxylic acids is 1. The minimum Gasteiger partial charge on any atom is -0.481 e. The van der Waals surface area contributed by atoms with Crippen molar-refractivity contribution in [2.24, 2.45) is 0 Å². The van der Waals surface area contributed by atoms with Crippen LogP contribution >= 0.6 is 0 Å². The molecule has 0 radical (unpaired) electrons. The fraction of sp³-hybridized carbons (Fsp3) is 0.278. The molecular formula is C18H21NO2. The molecule has 0 spiro atoms. The van der Waals surface area contributed by atoms with Crippen molar-refractivity contribution in [1.29, 1.82) is 0 Å². The summed E-state index contributed by atoms with van der Waals surface area (Å²) in [7, 11) is 0. The highest BCUT2D eigenvalue weighted by Gasteiger charge is 2.09. The van der Waals surface area contributed by atoms with Gasteiger partial charge >= 0.3 is 5.97 Å². The summed E-state index contributed by atoms with van der Waals surface area (Å²) < 4.78 is 0. The number of rotatable bonds is 7. The molecule has 110 valence electrons. The van der Waals surface area contributed by atoms with E-state index >= 15 is 0 Å². The second-order valence-corrected chi connectivity index (χ2v) is 5.20. The number of anilines is 1. The number of carboxylic acids is 1. The molecule has 0 saturated heterocycles. The van der Waals surface area contributed by atoms with E-state index in [0.717, 1.165) is 18.7 Å². The van der Waals surface area contributed by atoms with Gasteiger partial charge in [0.25, 0.3) is 0 Å². The molecule has 3 nitrogen and oxygen atoms in total. The number of carboxylic acid groups (broad SMARTS) is 1. The zero-order valence-corrected chi connectivity index (χ0v) is 12.3. The Kier molecular flexibility index (Phi) is 5.38. The van der Waals surface area contributed by atoms with Gasteiger partial charge in [-0.1, -0.05) is 48.0 Å². The molecule has 0 heterocycles. The second kappa shape index (κ2) is 7.48. The highest BCUT2D eigenvalue weighted by atomic mass is 16.4. The first-order valence-corrected chi connectivity index (χ1v) is 7.22. The van der Waals surface area contributed by atoms with E-state index in [2.05, 4.69) is 48.2 Å². The monoisotopic (exact) mass is 283 g/mol. The third-order valence-electron chi connectivity index (χ3n) is 3.51. The van der Waals surface area contributed by atoms with Crippen molar-refractivity contribution in [2.45, 2.75) is 19.8 Å². The quantitative estimate of drug-likeness (QED) is 0.845. The third kappa shape index (κ3) is 4.95. The molecule has 0 aliphatic heterocycles. The van der Waals surface area contributed by atoms with Crippen molar-refractivity contribution in [1.82, 2.24) is 0 Å². The lowest BCUT2D eigenvalue weighted by molar-refractivity contribution is -0.136. The number of nitrogens with zero attached hydrogens (tertiary/aromatic N) is 1. The van der Waals surface area contributed by atoms with E-state index in [1.54, 1.807) is 0 Å². The van der Waals surface area contributed by atoms with Crippen LogP contribution in [0.1, 0.15) is 17.5 Å². The predicted molar refractivity (Wildman–Crippen MR) is 85.8 cm³/mol. The first-order chi connectivity index (χ1) is 10.1. The number of hydrogen-bond donors (Lipinski definition) is 1. The molecule has 0 bridgehead atoms. The zero-order chi connectivity index (χ0) is 15.1. The van der Waals surface area contributed by atoms with Crippen LogP contribution in [-0.2, 0) is 11.2 Å². The molecule has 0 aliphatic carbocycles. The molecule has 0 saturated carbocycles. The van der Waals surface area contributed by atoms with Crippen molar-refractivity contribution in [2.75, 3.05) is 18.0 Å². The van der Waals surface area contributed by atoms with Crippen LogP contribution in [0.3, 0.4) is 0 Å². The molecule has 0 unspecified atom stereocenters. The molecule has 2 aromatic rings. The van der Waals surface area contributed by atoms with Gasteiger partial charge in [-0.2, -0.15) is 0 Å². The van der Waals surface area contributed by atoms with Gasteiger partial charge in [-0.15, -0.1) is 0 Å². The summed E-state index contributed by atoms with van der Waals surface area (Å²) in [6, 6.07) is 18.5. The van der Waals surface area contributed by atoms with E-state index in [4.69, 9.17) is 5.11 Å². The molecule has 0 fully saturated rings. The van der Waals surface area contributed by atoms with Crippen LogP contribution in [0.5, 0.6) is 0 Å². The van der Waals surface area contributed by atoms with Crippen LogP contribution in [0, 0.1) is 6.92 Å². The fourth-order valence-corrected chi connectivity index (χ4v) is 2.26. The summed E-state index contributed by atoms with van der Waals surface area (Å²) in [5.74, 6) is -0.758. The van der Waals surface area contributed by atoms with Crippen LogP contribution in [0.15, 0.2) is 54.6 Å². The van der Waals surface area contributed by atoms with E-state index in [0.29, 0.717) is 6.54 Å². The summed E-state index contributed by atoms with van der Waals surface area (Å²) in [4.78, 5) is 13.0. The lowest BCUT2D eigenvalue weighted by Gasteiger charge is -2.24. The van der Waals surface area contributed by atoms with Gasteiger partial charge in [0, 0.05) is 18.8 Å². The van der Waals surface area contributed by atoms with Crippen molar-refractivity contribution in [3.8, 4) is 0 Å². The Hall–Kier alpha value is -2.29. The Morgan fingerprint density at radius 1 is 1.00 bits per heavy atom. The van der Waals surface area contributed by atoms with Gasteiger partial charge in [0.1, 0.15) is 0 Å². The normalized spacial score (nSPS) is 10.3. The third-order valence-corrected chi connectivity index (χ3v) is 3.51. The van der Waals surface area contributed by atoms with Gasteiger partial charge in [0.15, 0.2) is 0 Å². The second-order valence-electron chi connectivity index (χ2n) is 5.20. The highest BCUT2D eigenvalue weighted by Crippen LogP contribution is 2.16. The fourth-order valence-electron chi connectivity index (χ4n) is 2.26. The van der Waals surface area contributed by atoms with Crippen molar-refractivity contribution in [3.63, 3.8) is 0 Å². The molecule has 21 heavy (non-hydrogen) atoms. The zero-order valence-electron chi connectivity index (χ0n) is 12.3. The Morgan fingerprint density at radius 3 is 2.29 bits per heavy atom. The molecule has 2 aromatic carbocycles. The van der Waals surface area contributed by atoms with Crippen LogP contribution in [0.25, 0.3) is 0 Å². The van der Waals surface area contributed by atoms with Crippen LogP contribution in [-0.4, -0.2) is 24.2 Å². The van der Waals surface area contributed by atoms with Gasteiger partial charge in [-0.25, -0.2) is 0 Å².